The minimum absolute atomic E-state index is 0.381. The predicted octanol–water partition coefficient (Wildman–Crippen LogP) is 3.36. The molecule has 1 aromatic heterocycles. The molecule has 0 spiro atoms. The van der Waals surface area contributed by atoms with Crippen LogP contribution in [0.3, 0.4) is 0 Å². The lowest BCUT2D eigenvalue weighted by molar-refractivity contribution is -0.0976. The van der Waals surface area contributed by atoms with E-state index in [4.69, 9.17) is 14.5 Å². The van der Waals surface area contributed by atoms with E-state index < -0.39 is 5.60 Å². The zero-order valence-corrected chi connectivity index (χ0v) is 17.8. The molecule has 0 bridgehead atoms. The average molecular weight is 405 g/mol. The van der Waals surface area contributed by atoms with Crippen molar-refractivity contribution in [1.29, 1.82) is 0 Å². The quantitative estimate of drug-likeness (QED) is 0.726. The SMILES string of the molecule is COc1cccc([C@@]23CCN(C)C[C@@]2(O)Cc2cc4cc(OC)ccc4nc2C3)c1. The molecule has 5 heteroatoms. The van der Waals surface area contributed by atoms with E-state index in [0.29, 0.717) is 13.0 Å². The van der Waals surface area contributed by atoms with Gasteiger partial charge in [-0.2, -0.15) is 0 Å². The van der Waals surface area contributed by atoms with Gasteiger partial charge in [0.15, 0.2) is 0 Å². The van der Waals surface area contributed by atoms with Crippen LogP contribution in [-0.2, 0) is 18.3 Å². The molecule has 156 valence electrons. The Morgan fingerprint density at radius 3 is 2.60 bits per heavy atom. The molecule has 30 heavy (non-hydrogen) atoms. The number of hydrogen-bond acceptors (Lipinski definition) is 5. The predicted molar refractivity (Wildman–Crippen MR) is 117 cm³/mol. The van der Waals surface area contributed by atoms with Crippen LogP contribution >= 0.6 is 0 Å². The molecule has 3 aromatic rings. The summed E-state index contributed by atoms with van der Waals surface area (Å²) in [7, 11) is 5.46. The van der Waals surface area contributed by atoms with E-state index in [9.17, 15) is 5.11 Å². The fourth-order valence-corrected chi connectivity index (χ4v) is 5.48. The summed E-state index contributed by atoms with van der Waals surface area (Å²) >= 11 is 0. The van der Waals surface area contributed by atoms with Gasteiger partial charge in [-0.25, -0.2) is 0 Å². The standard InChI is InChI=1S/C25H28N2O3/c1-27-10-9-24(19-5-4-6-20(13-19)29-2)15-23-18(14-25(24,28)16-27)11-17-12-21(30-3)7-8-22(17)26-23/h4-8,11-13,28H,9-10,14-16H2,1-3H3/t24-,25-/m0/s1. The average Bonchev–Trinajstić information content (AvgIpc) is 2.75. The Bertz CT molecular complexity index is 1110. The summed E-state index contributed by atoms with van der Waals surface area (Å²) < 4.78 is 10.9. The monoisotopic (exact) mass is 404 g/mol. The van der Waals surface area contributed by atoms with E-state index in [1.807, 2.05) is 30.3 Å². The molecule has 0 unspecified atom stereocenters. The number of likely N-dealkylation sites (N-methyl/N-ethyl adjacent to an activating group) is 1. The number of hydrogen-bond donors (Lipinski definition) is 1. The van der Waals surface area contributed by atoms with Crippen molar-refractivity contribution in [2.75, 3.05) is 34.4 Å². The van der Waals surface area contributed by atoms with Gasteiger partial charge in [-0.1, -0.05) is 12.1 Å². The Morgan fingerprint density at radius 1 is 1.00 bits per heavy atom. The van der Waals surface area contributed by atoms with Crippen LogP contribution in [-0.4, -0.2) is 54.9 Å². The summed E-state index contributed by atoms with van der Waals surface area (Å²) in [6.45, 7) is 1.58. The van der Waals surface area contributed by atoms with Crippen molar-refractivity contribution in [1.82, 2.24) is 9.88 Å². The summed E-state index contributed by atoms with van der Waals surface area (Å²) in [5.41, 5.74) is 3.08. The van der Waals surface area contributed by atoms with Crippen molar-refractivity contribution >= 4 is 10.9 Å². The van der Waals surface area contributed by atoms with Crippen LogP contribution in [0.25, 0.3) is 10.9 Å². The fraction of sp³-hybridized carbons (Fsp3) is 0.400. The Labute approximate surface area is 177 Å². The third-order valence-electron chi connectivity index (χ3n) is 7.11. The second kappa shape index (κ2) is 6.96. The Balaban J connectivity index is 1.68. The van der Waals surface area contributed by atoms with E-state index in [-0.39, 0.29) is 5.41 Å². The van der Waals surface area contributed by atoms with Crippen molar-refractivity contribution in [3.05, 3.63) is 65.4 Å². The van der Waals surface area contributed by atoms with Crippen LogP contribution in [0.1, 0.15) is 23.2 Å². The number of nitrogens with zero attached hydrogens (tertiary/aromatic N) is 2. The smallest absolute Gasteiger partial charge is 0.119 e. The fourth-order valence-electron chi connectivity index (χ4n) is 5.48. The highest BCUT2D eigenvalue weighted by atomic mass is 16.5. The summed E-state index contributed by atoms with van der Waals surface area (Å²) in [6, 6.07) is 16.4. The number of rotatable bonds is 3. The van der Waals surface area contributed by atoms with Crippen LogP contribution in [0.2, 0.25) is 0 Å². The number of benzene rings is 2. The lowest BCUT2D eigenvalue weighted by Crippen LogP contribution is -2.66. The normalized spacial score (nSPS) is 26.1. The van der Waals surface area contributed by atoms with Gasteiger partial charge in [0.1, 0.15) is 11.5 Å². The van der Waals surface area contributed by atoms with Gasteiger partial charge in [-0.15, -0.1) is 0 Å². The first-order valence-electron chi connectivity index (χ1n) is 10.5. The molecule has 0 amide bonds. The van der Waals surface area contributed by atoms with Gasteiger partial charge >= 0.3 is 0 Å². The van der Waals surface area contributed by atoms with E-state index in [0.717, 1.165) is 58.6 Å². The molecule has 2 heterocycles. The van der Waals surface area contributed by atoms with Crippen molar-refractivity contribution in [2.24, 2.45) is 0 Å². The first-order valence-corrected chi connectivity index (χ1v) is 10.5. The Kier molecular flexibility index (Phi) is 4.49. The van der Waals surface area contributed by atoms with E-state index in [1.165, 1.54) is 0 Å². The number of piperidine rings is 1. The van der Waals surface area contributed by atoms with Crippen LogP contribution in [0, 0.1) is 0 Å². The number of aromatic nitrogens is 1. The van der Waals surface area contributed by atoms with Gasteiger partial charge in [0.05, 0.1) is 25.3 Å². The number of pyridine rings is 1. The first kappa shape index (κ1) is 19.3. The lowest BCUT2D eigenvalue weighted by Gasteiger charge is -2.56. The highest BCUT2D eigenvalue weighted by molar-refractivity contribution is 5.81. The van der Waals surface area contributed by atoms with Crippen molar-refractivity contribution < 1.29 is 14.6 Å². The molecule has 0 radical (unpaired) electrons. The van der Waals surface area contributed by atoms with Crippen molar-refractivity contribution in [3.8, 4) is 11.5 Å². The Morgan fingerprint density at radius 2 is 1.80 bits per heavy atom. The molecule has 1 N–H and O–H groups in total. The third kappa shape index (κ3) is 2.88. The molecule has 2 aliphatic rings. The molecular weight excluding hydrogens is 376 g/mol. The second-order valence-corrected chi connectivity index (χ2v) is 8.84. The van der Waals surface area contributed by atoms with Crippen molar-refractivity contribution in [3.63, 3.8) is 0 Å². The van der Waals surface area contributed by atoms with Gasteiger partial charge in [-0.3, -0.25) is 4.98 Å². The van der Waals surface area contributed by atoms with Crippen molar-refractivity contribution in [2.45, 2.75) is 30.3 Å². The van der Waals surface area contributed by atoms with Crippen LogP contribution in [0.4, 0.5) is 0 Å². The summed E-state index contributed by atoms with van der Waals surface area (Å²) in [5, 5.41) is 13.2. The molecule has 1 saturated heterocycles. The summed E-state index contributed by atoms with van der Waals surface area (Å²) in [5.74, 6) is 1.65. The Hall–Kier alpha value is -2.63. The number of fused-ring (bicyclic) bond motifs is 3. The van der Waals surface area contributed by atoms with Gasteiger partial charge in [0.25, 0.3) is 0 Å². The number of aliphatic hydroxyl groups is 1. The molecule has 5 rings (SSSR count). The topological polar surface area (TPSA) is 54.8 Å². The molecule has 2 aromatic carbocycles. The first-order chi connectivity index (χ1) is 14.5. The highest BCUT2D eigenvalue weighted by Gasteiger charge is 2.57. The molecule has 1 aliphatic carbocycles. The number of methoxy groups -OCH3 is 2. The van der Waals surface area contributed by atoms with Crippen LogP contribution < -0.4 is 9.47 Å². The highest BCUT2D eigenvalue weighted by Crippen LogP contribution is 2.50. The molecule has 5 nitrogen and oxygen atoms in total. The molecule has 1 fully saturated rings. The summed E-state index contributed by atoms with van der Waals surface area (Å²) in [4.78, 5) is 7.27. The number of ether oxygens (including phenoxy) is 2. The maximum Gasteiger partial charge on any atom is 0.119 e. The van der Waals surface area contributed by atoms with Crippen LogP contribution in [0.15, 0.2) is 48.5 Å². The third-order valence-corrected chi connectivity index (χ3v) is 7.11. The molecule has 2 atom stereocenters. The number of likely N-dealkylation sites (tertiary alicyclic amines) is 1. The van der Waals surface area contributed by atoms with Gasteiger partial charge in [0, 0.05) is 35.9 Å². The number of β-amino-alcohol motifs (C(OH)–C–C–N with tert-alkyl or cyclic N) is 1. The van der Waals surface area contributed by atoms with Gasteiger partial charge < -0.3 is 19.5 Å². The minimum atomic E-state index is -0.867. The molecule has 0 saturated carbocycles. The lowest BCUT2D eigenvalue weighted by atomic mass is 9.56. The maximum atomic E-state index is 12.1. The minimum Gasteiger partial charge on any atom is -0.497 e. The van der Waals surface area contributed by atoms with E-state index >= 15 is 0 Å². The molecule has 1 aliphatic heterocycles. The van der Waals surface area contributed by atoms with E-state index in [2.05, 4.69) is 30.1 Å². The van der Waals surface area contributed by atoms with Gasteiger partial charge in [-0.05, 0) is 67.5 Å². The maximum absolute atomic E-state index is 12.1. The molecular formula is C25H28N2O3. The van der Waals surface area contributed by atoms with E-state index in [1.54, 1.807) is 14.2 Å². The van der Waals surface area contributed by atoms with Gasteiger partial charge in [0.2, 0.25) is 0 Å². The summed E-state index contributed by atoms with van der Waals surface area (Å²) in [6.07, 6.45) is 2.20. The zero-order valence-electron chi connectivity index (χ0n) is 17.8. The zero-order chi connectivity index (χ0) is 20.9. The largest absolute Gasteiger partial charge is 0.497 e. The van der Waals surface area contributed by atoms with Crippen LogP contribution in [0.5, 0.6) is 11.5 Å². The second-order valence-electron chi connectivity index (χ2n) is 8.84.